The lowest BCUT2D eigenvalue weighted by Crippen LogP contribution is -2.37. The van der Waals surface area contributed by atoms with Gasteiger partial charge in [-0.15, -0.1) is 0 Å². The zero-order chi connectivity index (χ0) is 17.3. The lowest BCUT2D eigenvalue weighted by molar-refractivity contribution is 0.0699. The topological polar surface area (TPSA) is 63.8 Å². The first-order chi connectivity index (χ1) is 11.6. The van der Waals surface area contributed by atoms with Crippen LogP contribution >= 0.6 is 0 Å². The van der Waals surface area contributed by atoms with Gasteiger partial charge in [0, 0.05) is 25.4 Å². The highest BCUT2D eigenvalue weighted by Gasteiger charge is 2.27. The second kappa shape index (κ2) is 6.63. The van der Waals surface area contributed by atoms with Gasteiger partial charge in [0.15, 0.2) is 11.5 Å². The Bertz CT molecular complexity index is 745. The molecule has 0 saturated carbocycles. The van der Waals surface area contributed by atoms with Gasteiger partial charge in [-0.3, -0.25) is 4.79 Å². The smallest absolute Gasteiger partial charge is 0.256 e. The summed E-state index contributed by atoms with van der Waals surface area (Å²) in [5.74, 6) is 2.28. The van der Waals surface area contributed by atoms with Crippen molar-refractivity contribution >= 4 is 16.8 Å². The van der Waals surface area contributed by atoms with Crippen molar-refractivity contribution in [1.82, 2.24) is 9.88 Å². The molecule has 2 heterocycles. The van der Waals surface area contributed by atoms with Crippen LogP contribution in [0.2, 0.25) is 0 Å². The minimum absolute atomic E-state index is 0.0265. The number of hydrogen-bond acceptors (Lipinski definition) is 4. The maximum atomic E-state index is 13.0. The number of nitrogens with zero attached hydrogens (tertiary/aromatic N) is 1. The third-order valence-electron chi connectivity index (χ3n) is 4.77. The molecule has 1 aliphatic rings. The zero-order valence-corrected chi connectivity index (χ0v) is 14.6. The van der Waals surface area contributed by atoms with Crippen LogP contribution in [0.15, 0.2) is 12.3 Å². The fourth-order valence-electron chi connectivity index (χ4n) is 3.31. The molecule has 1 saturated heterocycles. The summed E-state index contributed by atoms with van der Waals surface area (Å²) in [7, 11) is 4.71. The van der Waals surface area contributed by atoms with Crippen molar-refractivity contribution in [3.05, 3.63) is 17.8 Å². The normalized spacial score (nSPS) is 15.6. The summed E-state index contributed by atoms with van der Waals surface area (Å²) in [6.07, 6.45) is 3.83. The molecule has 0 aliphatic carbocycles. The van der Waals surface area contributed by atoms with Crippen molar-refractivity contribution in [3.8, 4) is 17.2 Å². The van der Waals surface area contributed by atoms with E-state index in [1.165, 1.54) is 0 Å². The van der Waals surface area contributed by atoms with Crippen LogP contribution in [0, 0.1) is 5.92 Å². The molecule has 0 bridgehead atoms. The van der Waals surface area contributed by atoms with Gasteiger partial charge in [-0.1, -0.05) is 6.92 Å². The molecule has 0 unspecified atom stereocenters. The van der Waals surface area contributed by atoms with Gasteiger partial charge in [0.25, 0.3) is 5.91 Å². The number of nitrogens with one attached hydrogen (secondary N) is 1. The maximum absolute atomic E-state index is 13.0. The van der Waals surface area contributed by atoms with Gasteiger partial charge in [-0.2, -0.15) is 0 Å². The van der Waals surface area contributed by atoms with Crippen molar-refractivity contribution in [2.24, 2.45) is 5.92 Å². The van der Waals surface area contributed by atoms with E-state index in [4.69, 9.17) is 14.2 Å². The Hall–Kier alpha value is -2.37. The second-order valence-corrected chi connectivity index (χ2v) is 6.24. The van der Waals surface area contributed by atoms with E-state index in [1.807, 2.05) is 11.0 Å². The fourth-order valence-corrected chi connectivity index (χ4v) is 3.31. The molecular formula is C18H24N2O4. The highest BCUT2D eigenvalue weighted by molar-refractivity contribution is 6.10. The summed E-state index contributed by atoms with van der Waals surface area (Å²) in [6, 6.07) is 1.83. The number of piperidine rings is 1. The summed E-state index contributed by atoms with van der Waals surface area (Å²) < 4.78 is 16.4. The molecule has 1 aliphatic heterocycles. The van der Waals surface area contributed by atoms with Gasteiger partial charge < -0.3 is 24.1 Å². The molecule has 1 aromatic carbocycles. The number of rotatable bonds is 4. The van der Waals surface area contributed by atoms with Crippen molar-refractivity contribution in [1.29, 1.82) is 0 Å². The Balaban J connectivity index is 2.07. The number of amides is 1. The van der Waals surface area contributed by atoms with E-state index in [-0.39, 0.29) is 5.91 Å². The maximum Gasteiger partial charge on any atom is 0.256 e. The number of H-pyrrole nitrogens is 1. The minimum atomic E-state index is 0.0265. The van der Waals surface area contributed by atoms with Crippen LogP contribution in [0.5, 0.6) is 17.2 Å². The first kappa shape index (κ1) is 16.5. The van der Waals surface area contributed by atoms with Gasteiger partial charge >= 0.3 is 0 Å². The number of likely N-dealkylation sites (tertiary alicyclic amines) is 1. The number of methoxy groups -OCH3 is 3. The first-order valence-corrected chi connectivity index (χ1v) is 8.20. The summed E-state index contributed by atoms with van der Waals surface area (Å²) >= 11 is 0. The highest BCUT2D eigenvalue weighted by atomic mass is 16.5. The van der Waals surface area contributed by atoms with Crippen LogP contribution in [0.25, 0.3) is 10.9 Å². The lowest BCUT2D eigenvalue weighted by atomic mass is 9.98. The van der Waals surface area contributed by atoms with E-state index in [0.717, 1.165) is 36.8 Å². The van der Waals surface area contributed by atoms with Crippen LogP contribution in [-0.4, -0.2) is 50.2 Å². The quantitative estimate of drug-likeness (QED) is 0.934. The van der Waals surface area contributed by atoms with Gasteiger partial charge in [0.05, 0.1) is 37.8 Å². The van der Waals surface area contributed by atoms with Crippen LogP contribution in [0.3, 0.4) is 0 Å². The van der Waals surface area contributed by atoms with E-state index < -0.39 is 0 Å². The molecule has 1 fully saturated rings. The van der Waals surface area contributed by atoms with Crippen molar-refractivity contribution in [3.63, 3.8) is 0 Å². The van der Waals surface area contributed by atoms with Gasteiger partial charge in [-0.25, -0.2) is 0 Å². The molecule has 2 aromatic rings. The van der Waals surface area contributed by atoms with E-state index in [1.54, 1.807) is 27.5 Å². The molecule has 0 atom stereocenters. The molecule has 1 amide bonds. The predicted octanol–water partition coefficient (Wildman–Crippen LogP) is 3.07. The van der Waals surface area contributed by atoms with Crippen molar-refractivity contribution < 1.29 is 19.0 Å². The van der Waals surface area contributed by atoms with Gasteiger partial charge in [0.1, 0.15) is 0 Å². The van der Waals surface area contributed by atoms with E-state index in [2.05, 4.69) is 11.9 Å². The van der Waals surface area contributed by atoms with E-state index >= 15 is 0 Å². The SMILES string of the molecule is COc1cc2[nH]cc(C(=O)N3CCC(C)CC3)c2c(OC)c1OC. The molecule has 24 heavy (non-hydrogen) atoms. The molecule has 1 N–H and O–H groups in total. The number of carbonyl (C=O) groups excluding carboxylic acids is 1. The minimum Gasteiger partial charge on any atom is -0.493 e. The molecule has 0 radical (unpaired) electrons. The zero-order valence-electron chi connectivity index (χ0n) is 14.6. The third kappa shape index (κ3) is 2.66. The first-order valence-electron chi connectivity index (χ1n) is 8.20. The van der Waals surface area contributed by atoms with Gasteiger partial charge in [-0.05, 0) is 18.8 Å². The highest BCUT2D eigenvalue weighted by Crippen LogP contribution is 2.44. The molecule has 1 aromatic heterocycles. The molecular weight excluding hydrogens is 308 g/mol. The third-order valence-corrected chi connectivity index (χ3v) is 4.77. The van der Waals surface area contributed by atoms with E-state index in [9.17, 15) is 4.79 Å². The number of carbonyl (C=O) groups is 1. The Morgan fingerprint density at radius 3 is 2.38 bits per heavy atom. The average Bonchev–Trinajstić information content (AvgIpc) is 3.03. The number of aromatic nitrogens is 1. The molecule has 6 nitrogen and oxygen atoms in total. The summed E-state index contributed by atoms with van der Waals surface area (Å²) in [4.78, 5) is 18.1. The largest absolute Gasteiger partial charge is 0.493 e. The number of benzene rings is 1. The fraction of sp³-hybridized carbons (Fsp3) is 0.500. The van der Waals surface area contributed by atoms with Gasteiger partial charge in [0.2, 0.25) is 5.75 Å². The summed E-state index contributed by atoms with van der Waals surface area (Å²) in [5.41, 5.74) is 1.40. The van der Waals surface area contributed by atoms with Crippen LogP contribution in [0.1, 0.15) is 30.1 Å². The summed E-state index contributed by atoms with van der Waals surface area (Å²) in [6.45, 7) is 3.82. The second-order valence-electron chi connectivity index (χ2n) is 6.24. The van der Waals surface area contributed by atoms with Crippen molar-refractivity contribution in [2.75, 3.05) is 34.4 Å². The van der Waals surface area contributed by atoms with Crippen LogP contribution in [0.4, 0.5) is 0 Å². The molecule has 0 spiro atoms. The van der Waals surface area contributed by atoms with E-state index in [0.29, 0.717) is 28.7 Å². The number of ether oxygens (including phenoxy) is 3. The number of fused-ring (bicyclic) bond motifs is 1. The Morgan fingerprint density at radius 1 is 1.12 bits per heavy atom. The Kier molecular flexibility index (Phi) is 4.55. The molecule has 6 heteroatoms. The number of aromatic amines is 1. The molecule has 3 rings (SSSR count). The van der Waals surface area contributed by atoms with Crippen molar-refractivity contribution in [2.45, 2.75) is 19.8 Å². The summed E-state index contributed by atoms with van der Waals surface area (Å²) in [5, 5.41) is 0.735. The Labute approximate surface area is 141 Å². The van der Waals surface area contributed by atoms with Crippen LogP contribution < -0.4 is 14.2 Å². The average molecular weight is 332 g/mol. The standard InChI is InChI=1S/C18H24N2O4/c1-11-5-7-20(8-6-11)18(21)12-10-19-13-9-14(22-2)16(23-3)17(24-4)15(12)13/h9-11,19H,5-8H2,1-4H3. The predicted molar refractivity (Wildman–Crippen MR) is 92.3 cm³/mol. The molecule has 130 valence electrons. The lowest BCUT2D eigenvalue weighted by Gasteiger charge is -2.30. The van der Waals surface area contributed by atoms with Crippen LogP contribution in [-0.2, 0) is 0 Å². The monoisotopic (exact) mass is 332 g/mol. The Morgan fingerprint density at radius 2 is 1.79 bits per heavy atom. The number of hydrogen-bond donors (Lipinski definition) is 1.